The first-order valence-corrected chi connectivity index (χ1v) is 7.71. The summed E-state index contributed by atoms with van der Waals surface area (Å²) in [7, 11) is 0. The number of anilines is 1. The van der Waals surface area contributed by atoms with Gasteiger partial charge in [0.2, 0.25) is 0 Å². The lowest BCUT2D eigenvalue weighted by atomic mass is 10.0. The molecule has 1 atom stereocenters. The van der Waals surface area contributed by atoms with Gasteiger partial charge in [-0.3, -0.25) is 9.67 Å². The number of para-hydroxylation sites is 2. The summed E-state index contributed by atoms with van der Waals surface area (Å²) in [4.78, 5) is 15.7. The van der Waals surface area contributed by atoms with Gasteiger partial charge in [-0.25, -0.2) is 9.97 Å². The van der Waals surface area contributed by atoms with E-state index in [0.717, 1.165) is 36.4 Å². The Kier molecular flexibility index (Phi) is 3.42. The Labute approximate surface area is 128 Å². The molecule has 1 fully saturated rings. The highest BCUT2D eigenvalue weighted by molar-refractivity contribution is 5.75. The van der Waals surface area contributed by atoms with Gasteiger partial charge in [0.25, 0.3) is 0 Å². The average Bonchev–Trinajstić information content (AvgIpc) is 3.08. The maximum atomic E-state index is 4.80. The topological polar surface area (TPSA) is 59.7 Å². The molecule has 3 heterocycles. The molecule has 1 aromatic carbocycles. The van der Waals surface area contributed by atoms with Crippen LogP contribution in [-0.2, 0) is 6.54 Å². The molecule has 6 nitrogen and oxygen atoms in total. The Balaban J connectivity index is 1.64. The van der Waals surface area contributed by atoms with Gasteiger partial charge in [0.05, 0.1) is 29.8 Å². The summed E-state index contributed by atoms with van der Waals surface area (Å²) in [6, 6.07) is 8.40. The van der Waals surface area contributed by atoms with Crippen molar-refractivity contribution in [1.29, 1.82) is 0 Å². The zero-order valence-corrected chi connectivity index (χ0v) is 12.3. The first kappa shape index (κ1) is 13.2. The summed E-state index contributed by atoms with van der Waals surface area (Å²) >= 11 is 0. The molecular weight excluding hydrogens is 276 g/mol. The van der Waals surface area contributed by atoms with Crippen LogP contribution in [0.5, 0.6) is 0 Å². The highest BCUT2D eigenvalue weighted by atomic mass is 15.3. The van der Waals surface area contributed by atoms with Gasteiger partial charge < -0.3 is 4.90 Å². The molecule has 1 aliphatic heterocycles. The first-order valence-electron chi connectivity index (χ1n) is 7.71. The predicted molar refractivity (Wildman–Crippen MR) is 84.5 cm³/mol. The lowest BCUT2D eigenvalue weighted by Crippen LogP contribution is -2.42. The van der Waals surface area contributed by atoms with Crippen LogP contribution in [0, 0.1) is 0 Å². The van der Waals surface area contributed by atoms with Crippen molar-refractivity contribution in [3.05, 3.63) is 43.1 Å². The molecule has 1 aliphatic rings. The smallest absolute Gasteiger partial charge is 0.148 e. The van der Waals surface area contributed by atoms with E-state index < -0.39 is 0 Å². The number of hydrogen-bond acceptors (Lipinski definition) is 5. The Morgan fingerprint density at radius 1 is 1.14 bits per heavy atom. The summed E-state index contributed by atoms with van der Waals surface area (Å²) in [6.45, 7) is 1.86. The fourth-order valence-electron chi connectivity index (χ4n) is 3.12. The molecule has 4 rings (SSSR count). The van der Waals surface area contributed by atoms with E-state index >= 15 is 0 Å². The van der Waals surface area contributed by atoms with Crippen LogP contribution in [0.2, 0.25) is 0 Å². The molecule has 0 amide bonds. The third kappa shape index (κ3) is 2.52. The standard InChI is InChI=1S/C16H18N6/c1-2-7-15-14(6-1)18-9-16(20-15)22-8-4-3-5-13(22)10-21-12-17-11-19-21/h1-2,6-7,9,11-13H,3-5,8,10H2. The van der Waals surface area contributed by atoms with E-state index in [1.165, 1.54) is 12.8 Å². The fraction of sp³-hybridized carbons (Fsp3) is 0.375. The predicted octanol–water partition coefficient (Wildman–Crippen LogP) is 2.28. The molecule has 0 saturated carbocycles. The third-order valence-corrected chi connectivity index (χ3v) is 4.22. The number of benzene rings is 1. The highest BCUT2D eigenvalue weighted by Crippen LogP contribution is 2.25. The highest BCUT2D eigenvalue weighted by Gasteiger charge is 2.24. The quantitative estimate of drug-likeness (QED) is 0.741. The normalized spacial score (nSPS) is 18.7. The molecule has 1 unspecified atom stereocenters. The molecule has 112 valence electrons. The summed E-state index contributed by atoms with van der Waals surface area (Å²) < 4.78 is 1.90. The third-order valence-electron chi connectivity index (χ3n) is 4.22. The van der Waals surface area contributed by atoms with Crippen molar-refractivity contribution in [2.75, 3.05) is 11.4 Å². The van der Waals surface area contributed by atoms with Crippen LogP contribution in [0.4, 0.5) is 5.82 Å². The molecule has 0 bridgehead atoms. The summed E-state index contributed by atoms with van der Waals surface area (Å²) in [5.74, 6) is 0.962. The molecular formula is C16H18N6. The van der Waals surface area contributed by atoms with Crippen LogP contribution in [0.15, 0.2) is 43.1 Å². The molecule has 0 radical (unpaired) electrons. The van der Waals surface area contributed by atoms with Gasteiger partial charge in [0.1, 0.15) is 18.5 Å². The van der Waals surface area contributed by atoms with Crippen LogP contribution < -0.4 is 4.90 Å². The van der Waals surface area contributed by atoms with E-state index in [1.54, 1.807) is 12.7 Å². The van der Waals surface area contributed by atoms with Gasteiger partial charge >= 0.3 is 0 Å². The van der Waals surface area contributed by atoms with E-state index in [2.05, 4.69) is 20.0 Å². The molecule has 22 heavy (non-hydrogen) atoms. The number of nitrogens with zero attached hydrogens (tertiary/aromatic N) is 6. The van der Waals surface area contributed by atoms with E-state index in [9.17, 15) is 0 Å². The van der Waals surface area contributed by atoms with Crippen molar-refractivity contribution >= 4 is 16.9 Å². The van der Waals surface area contributed by atoms with Crippen molar-refractivity contribution in [1.82, 2.24) is 24.7 Å². The number of piperidine rings is 1. The largest absolute Gasteiger partial charge is 0.350 e. The number of aromatic nitrogens is 5. The minimum Gasteiger partial charge on any atom is -0.350 e. The maximum absolute atomic E-state index is 4.80. The zero-order chi connectivity index (χ0) is 14.8. The zero-order valence-electron chi connectivity index (χ0n) is 12.3. The van der Waals surface area contributed by atoms with Crippen LogP contribution in [0.3, 0.4) is 0 Å². The number of hydrogen-bond donors (Lipinski definition) is 0. The Hall–Kier alpha value is -2.50. The second-order valence-electron chi connectivity index (χ2n) is 5.68. The Morgan fingerprint density at radius 3 is 2.91 bits per heavy atom. The molecule has 3 aromatic rings. The monoisotopic (exact) mass is 294 g/mol. The average molecular weight is 294 g/mol. The van der Waals surface area contributed by atoms with E-state index in [0.29, 0.717) is 6.04 Å². The molecule has 0 N–H and O–H groups in total. The summed E-state index contributed by atoms with van der Waals surface area (Å²) in [6.07, 6.45) is 8.84. The number of rotatable bonds is 3. The minimum atomic E-state index is 0.394. The molecule has 0 spiro atoms. The van der Waals surface area contributed by atoms with Gasteiger partial charge in [-0.2, -0.15) is 5.10 Å². The van der Waals surface area contributed by atoms with Crippen LogP contribution in [0.1, 0.15) is 19.3 Å². The molecule has 2 aromatic heterocycles. The van der Waals surface area contributed by atoms with E-state index in [4.69, 9.17) is 4.98 Å². The van der Waals surface area contributed by atoms with Crippen molar-refractivity contribution < 1.29 is 0 Å². The summed E-state index contributed by atoms with van der Waals surface area (Å²) in [5, 5.41) is 4.23. The van der Waals surface area contributed by atoms with Crippen molar-refractivity contribution in [2.45, 2.75) is 31.8 Å². The number of fused-ring (bicyclic) bond motifs is 1. The van der Waals surface area contributed by atoms with Crippen LogP contribution in [0.25, 0.3) is 11.0 Å². The SMILES string of the molecule is c1ccc2nc(N3CCCCC3Cn3cncn3)cnc2c1. The summed E-state index contributed by atoms with van der Waals surface area (Å²) in [5.41, 5.74) is 1.89. The first-order chi connectivity index (χ1) is 10.9. The van der Waals surface area contributed by atoms with Crippen LogP contribution in [-0.4, -0.2) is 37.3 Å². The second kappa shape index (κ2) is 5.71. The Morgan fingerprint density at radius 2 is 2.05 bits per heavy atom. The molecule has 0 aliphatic carbocycles. The van der Waals surface area contributed by atoms with Crippen molar-refractivity contribution in [2.24, 2.45) is 0 Å². The van der Waals surface area contributed by atoms with E-state index in [1.807, 2.05) is 35.1 Å². The second-order valence-corrected chi connectivity index (χ2v) is 5.68. The lowest BCUT2D eigenvalue weighted by molar-refractivity contribution is 0.396. The van der Waals surface area contributed by atoms with Crippen LogP contribution >= 0.6 is 0 Å². The van der Waals surface area contributed by atoms with Gasteiger partial charge in [0, 0.05) is 6.54 Å². The van der Waals surface area contributed by atoms with Gasteiger partial charge in [0.15, 0.2) is 0 Å². The lowest BCUT2D eigenvalue weighted by Gasteiger charge is -2.36. The fourth-order valence-corrected chi connectivity index (χ4v) is 3.12. The van der Waals surface area contributed by atoms with Gasteiger partial charge in [-0.15, -0.1) is 0 Å². The van der Waals surface area contributed by atoms with Crippen molar-refractivity contribution in [3.8, 4) is 0 Å². The van der Waals surface area contributed by atoms with E-state index in [-0.39, 0.29) is 0 Å². The Bertz CT molecular complexity index is 754. The maximum Gasteiger partial charge on any atom is 0.148 e. The van der Waals surface area contributed by atoms with Gasteiger partial charge in [-0.05, 0) is 31.4 Å². The van der Waals surface area contributed by atoms with Gasteiger partial charge in [-0.1, -0.05) is 12.1 Å². The van der Waals surface area contributed by atoms with Crippen molar-refractivity contribution in [3.63, 3.8) is 0 Å². The molecule has 6 heteroatoms. The minimum absolute atomic E-state index is 0.394. The molecule has 1 saturated heterocycles.